The molecule has 0 fully saturated rings. The molecule has 0 saturated carbocycles. The van der Waals surface area contributed by atoms with Crippen LogP contribution >= 0.6 is 0 Å². The number of hydrogen-bond acceptors (Lipinski definition) is 4. The molecule has 3 aromatic rings. The highest BCUT2D eigenvalue weighted by atomic mass is 15.6. The number of fused-ring (bicyclic) bond motifs is 1. The standard InChI is InChI=1S/C12H9N5/c1-2-5-10(6-3-1)9-14-17-12-11(15-16-17)7-4-8-13-12/h1-9H/b14-9+. The largest absolute Gasteiger partial charge is 0.234 e. The summed E-state index contributed by atoms with van der Waals surface area (Å²) in [6.45, 7) is 0. The van der Waals surface area contributed by atoms with Gasteiger partial charge in [-0.25, -0.2) is 4.98 Å². The lowest BCUT2D eigenvalue weighted by molar-refractivity contribution is 0.712. The highest BCUT2D eigenvalue weighted by molar-refractivity contribution is 5.80. The topological polar surface area (TPSA) is 56.0 Å². The van der Waals surface area contributed by atoms with E-state index in [1.54, 1.807) is 12.4 Å². The van der Waals surface area contributed by atoms with Gasteiger partial charge in [0.15, 0.2) is 0 Å². The molecule has 0 spiro atoms. The molecule has 5 heteroatoms. The Morgan fingerprint density at radius 2 is 1.94 bits per heavy atom. The molecule has 2 heterocycles. The minimum absolute atomic E-state index is 0.652. The summed E-state index contributed by atoms with van der Waals surface area (Å²) < 4.78 is 0. The monoisotopic (exact) mass is 223 g/mol. The Balaban J connectivity index is 1.98. The number of hydrogen-bond donors (Lipinski definition) is 0. The molecule has 5 nitrogen and oxygen atoms in total. The van der Waals surface area contributed by atoms with Gasteiger partial charge in [0.05, 0.1) is 6.21 Å². The quantitative estimate of drug-likeness (QED) is 0.621. The van der Waals surface area contributed by atoms with Crippen LogP contribution in [0.4, 0.5) is 0 Å². The Morgan fingerprint density at radius 1 is 1.06 bits per heavy atom. The van der Waals surface area contributed by atoms with E-state index in [4.69, 9.17) is 0 Å². The minimum atomic E-state index is 0.652. The van der Waals surface area contributed by atoms with Crippen LogP contribution in [-0.4, -0.2) is 26.3 Å². The summed E-state index contributed by atoms with van der Waals surface area (Å²) in [5.74, 6) is 0. The first-order valence-corrected chi connectivity index (χ1v) is 5.19. The molecule has 0 aliphatic heterocycles. The summed E-state index contributed by atoms with van der Waals surface area (Å²) in [5.41, 5.74) is 2.39. The Morgan fingerprint density at radius 3 is 2.82 bits per heavy atom. The molecule has 82 valence electrons. The number of rotatable bonds is 2. The second-order valence-electron chi connectivity index (χ2n) is 3.48. The van der Waals surface area contributed by atoms with E-state index in [1.807, 2.05) is 42.5 Å². The molecule has 17 heavy (non-hydrogen) atoms. The zero-order valence-corrected chi connectivity index (χ0v) is 8.93. The van der Waals surface area contributed by atoms with Crippen molar-refractivity contribution in [3.05, 3.63) is 54.2 Å². The van der Waals surface area contributed by atoms with Crippen LogP contribution in [0.25, 0.3) is 11.2 Å². The summed E-state index contributed by atoms with van der Waals surface area (Å²) >= 11 is 0. The number of aromatic nitrogens is 4. The Bertz CT molecular complexity index is 657. The van der Waals surface area contributed by atoms with Crippen LogP contribution in [0.1, 0.15) is 5.56 Å². The molecule has 0 amide bonds. The van der Waals surface area contributed by atoms with Gasteiger partial charge < -0.3 is 0 Å². The average molecular weight is 223 g/mol. The molecule has 0 radical (unpaired) electrons. The van der Waals surface area contributed by atoms with Crippen LogP contribution in [0.2, 0.25) is 0 Å². The second-order valence-corrected chi connectivity index (χ2v) is 3.48. The minimum Gasteiger partial charge on any atom is -0.234 e. The lowest BCUT2D eigenvalue weighted by Gasteiger charge is -1.92. The number of nitrogens with zero attached hydrogens (tertiary/aromatic N) is 5. The van der Waals surface area contributed by atoms with Gasteiger partial charge in [0.1, 0.15) is 5.52 Å². The van der Waals surface area contributed by atoms with Gasteiger partial charge in [-0.05, 0) is 22.9 Å². The molecule has 0 bridgehead atoms. The second kappa shape index (κ2) is 4.13. The van der Waals surface area contributed by atoms with Crippen LogP contribution in [0.15, 0.2) is 53.8 Å². The van der Waals surface area contributed by atoms with Crippen molar-refractivity contribution >= 4 is 17.4 Å². The first kappa shape index (κ1) is 9.65. The summed E-state index contributed by atoms with van der Waals surface area (Å²) in [6.07, 6.45) is 3.42. The lowest BCUT2D eigenvalue weighted by Crippen LogP contribution is -1.94. The molecule has 0 unspecified atom stereocenters. The van der Waals surface area contributed by atoms with Crippen molar-refractivity contribution in [2.75, 3.05) is 0 Å². The van der Waals surface area contributed by atoms with Crippen LogP contribution in [0.3, 0.4) is 0 Å². The Hall–Kier alpha value is -2.56. The zero-order valence-electron chi connectivity index (χ0n) is 8.93. The molecule has 0 aliphatic rings. The fraction of sp³-hybridized carbons (Fsp3) is 0. The Kier molecular flexibility index (Phi) is 2.34. The van der Waals surface area contributed by atoms with Gasteiger partial charge in [-0.3, -0.25) is 0 Å². The summed E-state index contributed by atoms with van der Waals surface area (Å²) in [6, 6.07) is 13.5. The van der Waals surface area contributed by atoms with Gasteiger partial charge in [0.25, 0.3) is 0 Å². The van der Waals surface area contributed by atoms with Gasteiger partial charge in [-0.15, -0.1) is 9.89 Å². The first-order valence-electron chi connectivity index (χ1n) is 5.19. The van der Waals surface area contributed by atoms with Crippen molar-refractivity contribution in [1.29, 1.82) is 0 Å². The highest BCUT2D eigenvalue weighted by Crippen LogP contribution is 2.05. The average Bonchev–Trinajstić information content (AvgIpc) is 2.81. The van der Waals surface area contributed by atoms with Crippen LogP contribution < -0.4 is 0 Å². The SMILES string of the molecule is C(=N\n1nnc2cccnc21)/c1ccccc1. The van der Waals surface area contributed by atoms with Crippen LogP contribution in [-0.2, 0) is 0 Å². The predicted octanol–water partition coefficient (Wildman–Crippen LogP) is 1.71. The third-order valence-corrected chi connectivity index (χ3v) is 2.31. The molecular formula is C12H9N5. The number of pyridine rings is 1. The van der Waals surface area contributed by atoms with Crippen molar-refractivity contribution < 1.29 is 0 Å². The molecule has 2 aromatic heterocycles. The maximum atomic E-state index is 4.22. The summed E-state index contributed by atoms with van der Waals surface area (Å²) in [4.78, 5) is 5.60. The van der Waals surface area contributed by atoms with E-state index in [9.17, 15) is 0 Å². The molecule has 0 N–H and O–H groups in total. The first-order chi connectivity index (χ1) is 8.43. The van der Waals surface area contributed by atoms with Crippen LogP contribution in [0, 0.1) is 0 Å². The normalized spacial score (nSPS) is 11.3. The predicted molar refractivity (Wildman–Crippen MR) is 64.8 cm³/mol. The molecule has 0 saturated heterocycles. The molecule has 1 aromatic carbocycles. The number of benzene rings is 1. The van der Waals surface area contributed by atoms with Crippen LogP contribution in [0.5, 0.6) is 0 Å². The fourth-order valence-electron chi connectivity index (χ4n) is 1.49. The van der Waals surface area contributed by atoms with E-state index < -0.39 is 0 Å². The maximum Gasteiger partial charge on any atom is 0.203 e. The third-order valence-electron chi connectivity index (χ3n) is 2.31. The van der Waals surface area contributed by atoms with Crippen molar-refractivity contribution in [3.63, 3.8) is 0 Å². The van der Waals surface area contributed by atoms with Gasteiger partial charge in [0, 0.05) is 6.20 Å². The molecule has 0 aliphatic carbocycles. The highest BCUT2D eigenvalue weighted by Gasteiger charge is 2.01. The summed E-state index contributed by atoms with van der Waals surface area (Å²) in [5, 5.41) is 12.1. The van der Waals surface area contributed by atoms with Crippen molar-refractivity contribution in [1.82, 2.24) is 20.1 Å². The lowest BCUT2D eigenvalue weighted by atomic mass is 10.2. The summed E-state index contributed by atoms with van der Waals surface area (Å²) in [7, 11) is 0. The van der Waals surface area contributed by atoms with Gasteiger partial charge in [-0.1, -0.05) is 30.3 Å². The maximum absolute atomic E-state index is 4.22. The van der Waals surface area contributed by atoms with Crippen molar-refractivity contribution in [2.45, 2.75) is 0 Å². The Labute approximate surface area is 97.4 Å². The molecule has 0 atom stereocenters. The van der Waals surface area contributed by atoms with Gasteiger partial charge in [-0.2, -0.15) is 5.10 Å². The van der Waals surface area contributed by atoms with Crippen molar-refractivity contribution in [3.8, 4) is 0 Å². The fourth-order valence-corrected chi connectivity index (χ4v) is 1.49. The third kappa shape index (κ3) is 1.90. The van der Waals surface area contributed by atoms with E-state index in [1.165, 1.54) is 4.79 Å². The van der Waals surface area contributed by atoms with Crippen molar-refractivity contribution in [2.24, 2.45) is 5.10 Å². The zero-order chi connectivity index (χ0) is 11.5. The molecule has 3 rings (SSSR count). The van der Waals surface area contributed by atoms with Gasteiger partial charge in [0.2, 0.25) is 5.65 Å². The van der Waals surface area contributed by atoms with E-state index in [2.05, 4.69) is 20.4 Å². The van der Waals surface area contributed by atoms with E-state index in [0.29, 0.717) is 5.65 Å². The van der Waals surface area contributed by atoms with E-state index >= 15 is 0 Å². The smallest absolute Gasteiger partial charge is 0.203 e. The van der Waals surface area contributed by atoms with E-state index in [-0.39, 0.29) is 0 Å². The van der Waals surface area contributed by atoms with Gasteiger partial charge >= 0.3 is 0 Å². The van der Waals surface area contributed by atoms with E-state index in [0.717, 1.165) is 11.1 Å². The molecular weight excluding hydrogens is 214 g/mol.